The molecule has 0 radical (unpaired) electrons. The van der Waals surface area contributed by atoms with E-state index in [0.717, 1.165) is 0 Å². The Morgan fingerprint density at radius 1 is 1.30 bits per heavy atom. The number of hydrogen-bond acceptors (Lipinski definition) is 15. The number of aliphatic hydroxyl groups excluding tert-OH is 2. The number of benzene rings is 1. The highest BCUT2D eigenvalue weighted by molar-refractivity contribution is 8.07. The molecular formula is C27H27ClFN8O8PS. The second-order valence-corrected chi connectivity index (χ2v) is 13.8. The van der Waals surface area contributed by atoms with Crippen LogP contribution < -0.4 is 0 Å². The number of alkyl halides is 1. The van der Waals surface area contributed by atoms with Gasteiger partial charge in [-0.1, -0.05) is 22.9 Å². The van der Waals surface area contributed by atoms with Gasteiger partial charge in [0.15, 0.2) is 23.2 Å². The highest BCUT2D eigenvalue weighted by atomic mass is 35.5. The fourth-order valence-corrected chi connectivity index (χ4v) is 7.60. The van der Waals surface area contributed by atoms with Crippen LogP contribution in [-0.2, 0) is 34.9 Å². The summed E-state index contributed by atoms with van der Waals surface area (Å²) in [7, 11) is 1.22. The third-order valence-corrected chi connectivity index (χ3v) is 10.4. The van der Waals surface area contributed by atoms with Gasteiger partial charge in [-0.25, -0.2) is 28.8 Å². The van der Waals surface area contributed by atoms with Crippen LogP contribution in [0.4, 0.5) is 4.39 Å². The number of carbonyl (C=O) groups excluding carboxylic acids is 1. The summed E-state index contributed by atoms with van der Waals surface area (Å²) in [6.07, 6.45) is -1.54. The Morgan fingerprint density at radius 3 is 2.87 bits per heavy atom. The fraction of sp³-hybridized carbons (Fsp3) is 0.444. The maximum atomic E-state index is 15.8. The number of aromatic nitrogens is 7. The Kier molecular flexibility index (Phi) is 9.78. The maximum Gasteiger partial charge on any atom is 0.380 e. The highest BCUT2D eigenvalue weighted by Gasteiger charge is 2.51. The van der Waals surface area contributed by atoms with Crippen molar-refractivity contribution in [3.63, 3.8) is 0 Å². The number of hydrogen-bond donors (Lipinski definition) is 2. The molecule has 3 aromatic heterocycles. The zero-order valence-electron chi connectivity index (χ0n) is 24.5. The van der Waals surface area contributed by atoms with Gasteiger partial charge in [-0.15, -0.1) is 5.10 Å². The Hall–Kier alpha value is -3.66. The summed E-state index contributed by atoms with van der Waals surface area (Å²) in [5, 5.41) is 37.5. The molecule has 1 unspecified atom stereocenters. The fourth-order valence-electron chi connectivity index (χ4n) is 5.50. The van der Waals surface area contributed by atoms with E-state index in [1.807, 2.05) is 6.07 Å². The number of nitrogens with zero attached hydrogens (tertiary/aromatic N) is 8. The number of carbonyl (C=O) groups is 1. The molecule has 16 nitrogen and oxygen atoms in total. The van der Waals surface area contributed by atoms with Gasteiger partial charge < -0.3 is 28.8 Å². The van der Waals surface area contributed by atoms with Crippen molar-refractivity contribution in [2.45, 2.75) is 43.5 Å². The van der Waals surface area contributed by atoms with E-state index >= 15 is 4.39 Å². The number of fused-ring (bicyclic) bond motifs is 2. The molecule has 1 saturated carbocycles. The first-order valence-corrected chi connectivity index (χ1v) is 17.1. The minimum absolute atomic E-state index is 0.0614. The minimum atomic E-state index is -3.87. The molecule has 47 heavy (non-hydrogen) atoms. The third-order valence-electron chi connectivity index (χ3n) is 7.89. The van der Waals surface area contributed by atoms with E-state index in [0.29, 0.717) is 28.7 Å². The number of rotatable bonds is 12. The lowest BCUT2D eigenvalue weighted by atomic mass is 9.75. The summed E-state index contributed by atoms with van der Waals surface area (Å²) in [5.41, 5.74) is 2.17. The van der Waals surface area contributed by atoms with Gasteiger partial charge >= 0.3 is 12.7 Å². The topological polar surface area (TPSA) is 202 Å². The van der Waals surface area contributed by atoms with Crippen molar-refractivity contribution in [1.82, 2.24) is 34.5 Å². The second-order valence-electron chi connectivity index (χ2n) is 10.5. The van der Waals surface area contributed by atoms with Crippen LogP contribution in [-0.4, -0.2) is 96.0 Å². The lowest BCUT2D eigenvalue weighted by molar-refractivity contribution is -0.0542. The van der Waals surface area contributed by atoms with Gasteiger partial charge in [-0.2, -0.15) is 5.26 Å². The Bertz CT molecular complexity index is 1920. The second kappa shape index (κ2) is 13.8. The summed E-state index contributed by atoms with van der Waals surface area (Å²) in [6.45, 7) is -5.00. The largest absolute Gasteiger partial charge is 0.465 e. The predicted octanol–water partition coefficient (Wildman–Crippen LogP) is 2.93. The number of methoxy groups -OCH3 is 1. The van der Waals surface area contributed by atoms with E-state index in [4.69, 9.17) is 51.7 Å². The summed E-state index contributed by atoms with van der Waals surface area (Å²) in [4.78, 5) is 24.8. The molecule has 0 spiro atoms. The van der Waals surface area contributed by atoms with E-state index in [1.54, 1.807) is 23.0 Å². The molecule has 2 N–H and O–H groups in total. The summed E-state index contributed by atoms with van der Waals surface area (Å²) < 4.78 is 47.2. The van der Waals surface area contributed by atoms with Crippen LogP contribution in [0.15, 0.2) is 42.7 Å². The van der Waals surface area contributed by atoms with Crippen molar-refractivity contribution >= 4 is 58.3 Å². The van der Waals surface area contributed by atoms with Crippen molar-refractivity contribution < 1.29 is 42.4 Å². The third kappa shape index (κ3) is 6.21. The predicted molar refractivity (Wildman–Crippen MR) is 164 cm³/mol. The van der Waals surface area contributed by atoms with Crippen molar-refractivity contribution in [1.29, 1.82) is 5.26 Å². The van der Waals surface area contributed by atoms with Gasteiger partial charge in [-0.3, -0.25) is 9.05 Å². The molecule has 1 saturated heterocycles. The van der Waals surface area contributed by atoms with Crippen molar-refractivity contribution in [2.24, 2.45) is 5.92 Å². The normalized spacial score (nSPS) is 26.3. The summed E-state index contributed by atoms with van der Waals surface area (Å²) >= 11 is 11.8. The molecule has 4 heterocycles. The average molecular weight is 709 g/mol. The zero-order valence-corrected chi connectivity index (χ0v) is 27.0. The Labute approximate surface area is 275 Å². The molecule has 248 valence electrons. The number of nitriles is 1. The molecule has 4 aromatic rings. The van der Waals surface area contributed by atoms with Crippen LogP contribution in [0.2, 0.25) is 5.15 Å². The van der Waals surface area contributed by atoms with Gasteiger partial charge in [-0.05, 0) is 24.1 Å². The lowest BCUT2D eigenvalue weighted by Gasteiger charge is -2.39. The molecule has 7 atom stereocenters. The van der Waals surface area contributed by atoms with E-state index in [2.05, 4.69) is 25.3 Å². The molecule has 0 bridgehead atoms. The van der Waals surface area contributed by atoms with Crippen LogP contribution in [0.25, 0.3) is 22.2 Å². The van der Waals surface area contributed by atoms with Gasteiger partial charge in [0.1, 0.15) is 29.6 Å². The van der Waals surface area contributed by atoms with Crippen LogP contribution in [0.3, 0.4) is 0 Å². The van der Waals surface area contributed by atoms with Gasteiger partial charge in [0.2, 0.25) is 0 Å². The smallest absolute Gasteiger partial charge is 0.380 e. The SMILES string of the molecule is COC(=O)c1cccc2c1nnn2[C@@H]1O[C@H](CO)[C@@H](F)[C@H]1OP(=S)(O/C=C1\C[C@@H](n2cnc3c(Cl)ncnc32)[C@@H]1CO)OCCC#N. The van der Waals surface area contributed by atoms with Crippen LogP contribution in [0.1, 0.15) is 35.5 Å². The highest BCUT2D eigenvalue weighted by Crippen LogP contribution is 2.56. The van der Waals surface area contributed by atoms with E-state index in [1.165, 1.54) is 30.4 Å². The van der Waals surface area contributed by atoms with Gasteiger partial charge in [0, 0.05) is 23.8 Å². The standard InChI is InChI=1S/C27H27ClFN8O8PS/c1-41-27(40)15-4-2-5-17-21(15)34-35-37(17)26-23(20(29)19(10-39)44-26)45-46(47,42-7-3-6-30)43-11-14-8-18(16(14)9-38)36-13-33-22-24(28)31-12-32-25(22)36/h2,4-5,11-13,16,18-20,23,26,38-39H,3,7-10H2,1H3/b14-11+/t16-,18-,19-,20-,23-,26-,46?/m1/s1. The molecule has 1 aromatic carbocycles. The first kappa shape index (κ1) is 33.2. The number of ether oxygens (including phenoxy) is 2. The number of esters is 1. The van der Waals surface area contributed by atoms with Gasteiger partial charge in [0.05, 0.1) is 63.1 Å². The van der Waals surface area contributed by atoms with E-state index in [-0.39, 0.29) is 41.9 Å². The number of imidazole rings is 1. The van der Waals surface area contributed by atoms with Crippen molar-refractivity contribution in [3.05, 3.63) is 53.4 Å². The zero-order chi connectivity index (χ0) is 33.3. The first-order chi connectivity index (χ1) is 22.7. The molecule has 2 aliphatic rings. The molecule has 1 aliphatic heterocycles. The van der Waals surface area contributed by atoms with E-state index < -0.39 is 49.8 Å². The summed E-state index contributed by atoms with van der Waals surface area (Å²) in [6, 6.07) is 6.35. The lowest BCUT2D eigenvalue weighted by Crippen LogP contribution is -2.34. The molecule has 20 heteroatoms. The first-order valence-electron chi connectivity index (χ1n) is 14.2. The monoisotopic (exact) mass is 708 g/mol. The van der Waals surface area contributed by atoms with Crippen LogP contribution in [0, 0.1) is 17.2 Å². The Morgan fingerprint density at radius 2 is 2.13 bits per heavy atom. The Balaban J connectivity index is 1.27. The number of halogens is 2. The van der Waals surface area contributed by atoms with Crippen LogP contribution in [0.5, 0.6) is 0 Å². The van der Waals surface area contributed by atoms with Gasteiger partial charge in [0.25, 0.3) is 0 Å². The van der Waals surface area contributed by atoms with Crippen molar-refractivity contribution in [2.75, 3.05) is 26.9 Å². The molecule has 2 fully saturated rings. The molecular weight excluding hydrogens is 682 g/mol. The quantitative estimate of drug-likeness (QED) is 0.0714. The number of aliphatic hydroxyl groups is 2. The maximum absolute atomic E-state index is 15.8. The molecule has 1 aliphatic carbocycles. The minimum Gasteiger partial charge on any atom is -0.465 e. The van der Waals surface area contributed by atoms with Crippen molar-refractivity contribution in [3.8, 4) is 6.07 Å². The molecule has 6 rings (SSSR count). The average Bonchev–Trinajstić information content (AvgIpc) is 3.77. The summed E-state index contributed by atoms with van der Waals surface area (Å²) in [5.74, 6) is -1.08. The van der Waals surface area contributed by atoms with E-state index in [9.17, 15) is 15.0 Å². The van der Waals surface area contributed by atoms with Crippen LogP contribution >= 0.6 is 18.3 Å². The molecule has 0 amide bonds.